The summed E-state index contributed by atoms with van der Waals surface area (Å²) in [5.41, 5.74) is 21.3. The number of rotatable bonds is 10. The highest BCUT2D eigenvalue weighted by Crippen LogP contribution is 2.31. The molecule has 0 spiro atoms. The molecule has 0 aliphatic carbocycles. The van der Waals surface area contributed by atoms with Crippen molar-refractivity contribution in [3.8, 4) is 5.69 Å². The maximum absolute atomic E-state index is 12.5. The largest absolute Gasteiger partial charge is 0.370 e. The number of piperazine rings is 1. The van der Waals surface area contributed by atoms with Crippen molar-refractivity contribution < 1.29 is 0 Å². The lowest BCUT2D eigenvalue weighted by Crippen LogP contribution is -2.43. The van der Waals surface area contributed by atoms with Gasteiger partial charge in [0.15, 0.2) is 5.96 Å². The fourth-order valence-electron chi connectivity index (χ4n) is 7.08. The molecule has 0 amide bonds. The third-order valence-corrected chi connectivity index (χ3v) is 10.3. The summed E-state index contributed by atoms with van der Waals surface area (Å²) in [6.45, 7) is 23.0. The maximum atomic E-state index is 12.5. The van der Waals surface area contributed by atoms with E-state index in [1.54, 1.807) is 4.57 Å². The Labute approximate surface area is 326 Å². The van der Waals surface area contributed by atoms with Gasteiger partial charge in [-0.15, -0.1) is 0 Å². The van der Waals surface area contributed by atoms with Crippen molar-refractivity contribution in [2.24, 2.45) is 16.5 Å². The number of nitrogens with one attached hydrogen (secondary N) is 3. The molecule has 1 saturated heterocycles. The minimum atomic E-state index is -0.301. The first-order valence-electron chi connectivity index (χ1n) is 19.6. The van der Waals surface area contributed by atoms with Crippen LogP contribution in [0.2, 0.25) is 0 Å². The average Bonchev–Trinajstić information content (AvgIpc) is 3.77. The summed E-state index contributed by atoms with van der Waals surface area (Å²) in [5, 5.41) is 7.73. The Balaban J connectivity index is 0.000000188. The Bertz CT molecular complexity index is 2100. The van der Waals surface area contributed by atoms with Crippen molar-refractivity contribution in [3.05, 3.63) is 123 Å². The molecular formula is C44H60N10O. The quantitative estimate of drug-likeness (QED) is 0.0699. The molecule has 2 aliphatic heterocycles. The third kappa shape index (κ3) is 10.6. The number of hydrogen-bond acceptors (Lipinski definition) is 7. The van der Waals surface area contributed by atoms with Crippen LogP contribution in [0.3, 0.4) is 0 Å². The monoisotopic (exact) mass is 744 g/mol. The van der Waals surface area contributed by atoms with Crippen LogP contribution in [0.15, 0.2) is 88.8 Å². The number of nitrogens with two attached hydrogens (primary N) is 2. The van der Waals surface area contributed by atoms with Crippen molar-refractivity contribution in [1.82, 2.24) is 30.1 Å². The zero-order valence-electron chi connectivity index (χ0n) is 33.6. The number of H-pyrrole nitrogens is 1. The summed E-state index contributed by atoms with van der Waals surface area (Å²) in [5.74, 6) is 0.123. The first-order chi connectivity index (χ1) is 26.2. The van der Waals surface area contributed by atoms with E-state index in [-0.39, 0.29) is 22.5 Å². The molecular weight excluding hydrogens is 685 g/mol. The Kier molecular flexibility index (Phi) is 12.4. The van der Waals surface area contributed by atoms with Crippen molar-refractivity contribution >= 4 is 22.7 Å². The van der Waals surface area contributed by atoms with Crippen molar-refractivity contribution in [3.63, 3.8) is 0 Å². The molecule has 2 aromatic heterocycles. The van der Waals surface area contributed by atoms with Gasteiger partial charge in [0.1, 0.15) is 5.65 Å². The second kappa shape index (κ2) is 17.2. The Hall–Kier alpha value is -4.97. The summed E-state index contributed by atoms with van der Waals surface area (Å²) >= 11 is 0. The van der Waals surface area contributed by atoms with Crippen molar-refractivity contribution in [2.75, 3.05) is 44.2 Å². The van der Waals surface area contributed by atoms with Gasteiger partial charge in [0.25, 0.3) is 0 Å². The van der Waals surface area contributed by atoms with Crippen molar-refractivity contribution in [2.45, 2.75) is 85.0 Å². The lowest BCUT2D eigenvalue weighted by atomic mass is 9.85. The highest BCUT2D eigenvalue weighted by Gasteiger charge is 2.22. The Morgan fingerprint density at radius 2 is 1.55 bits per heavy atom. The van der Waals surface area contributed by atoms with Crippen LogP contribution in [0.5, 0.6) is 0 Å². The first-order valence-corrected chi connectivity index (χ1v) is 19.6. The van der Waals surface area contributed by atoms with Gasteiger partial charge in [-0.05, 0) is 76.5 Å². The molecule has 0 saturated carbocycles. The van der Waals surface area contributed by atoms with E-state index < -0.39 is 0 Å². The van der Waals surface area contributed by atoms with Gasteiger partial charge in [-0.2, -0.15) is 4.98 Å². The van der Waals surface area contributed by atoms with Gasteiger partial charge >= 0.3 is 5.69 Å². The van der Waals surface area contributed by atoms with Crippen LogP contribution in [0, 0.1) is 0 Å². The van der Waals surface area contributed by atoms with E-state index in [1.165, 1.54) is 27.9 Å². The second-order valence-corrected chi connectivity index (χ2v) is 16.9. The minimum absolute atomic E-state index is 0.0352. The van der Waals surface area contributed by atoms with E-state index in [9.17, 15) is 4.79 Å². The number of fused-ring (bicyclic) bond motifs is 2. The number of aromatic amines is 1. The molecule has 11 heteroatoms. The average molecular weight is 745 g/mol. The van der Waals surface area contributed by atoms with Crippen LogP contribution in [-0.2, 0) is 37.0 Å². The zero-order valence-corrected chi connectivity index (χ0v) is 33.6. The molecule has 0 atom stereocenters. The van der Waals surface area contributed by atoms with E-state index in [0.717, 1.165) is 87.7 Å². The van der Waals surface area contributed by atoms with Gasteiger partial charge in [0.2, 0.25) is 0 Å². The zero-order chi connectivity index (χ0) is 39.2. The normalized spacial score (nSPS) is 14.8. The van der Waals surface area contributed by atoms with Gasteiger partial charge in [-0.1, -0.05) is 84.0 Å². The van der Waals surface area contributed by atoms with Gasteiger partial charge in [0, 0.05) is 87.3 Å². The minimum Gasteiger partial charge on any atom is -0.370 e. The first kappa shape index (κ1) is 39.7. The van der Waals surface area contributed by atoms with Gasteiger partial charge in [-0.25, -0.2) is 4.79 Å². The Morgan fingerprint density at radius 1 is 0.855 bits per heavy atom. The van der Waals surface area contributed by atoms with Crippen LogP contribution in [0.4, 0.5) is 5.69 Å². The van der Waals surface area contributed by atoms with Crippen LogP contribution < -0.4 is 32.7 Å². The molecule has 0 radical (unpaired) electrons. The lowest BCUT2D eigenvalue weighted by Gasteiger charge is -2.32. The maximum Gasteiger partial charge on any atom is 0.354 e. The summed E-state index contributed by atoms with van der Waals surface area (Å²) in [6.07, 6.45) is 2.71. The fourth-order valence-corrected chi connectivity index (χ4v) is 7.08. The Morgan fingerprint density at radius 3 is 2.18 bits per heavy atom. The third-order valence-electron chi connectivity index (χ3n) is 10.3. The van der Waals surface area contributed by atoms with Crippen LogP contribution in [-0.4, -0.2) is 64.7 Å². The molecule has 7 N–H and O–H groups in total. The van der Waals surface area contributed by atoms with Crippen LogP contribution >= 0.6 is 0 Å². The number of guanidine groups is 1. The summed E-state index contributed by atoms with van der Waals surface area (Å²) < 4.78 is 1.58. The highest BCUT2D eigenvalue weighted by atomic mass is 16.1. The molecule has 3 aromatic carbocycles. The molecule has 0 unspecified atom stereocenters. The van der Waals surface area contributed by atoms with Gasteiger partial charge in [-0.3, -0.25) is 14.5 Å². The SMILES string of the molecule is CC(C)(C)c1cc(CN2Cc3ccccc3C2)cc(N2CCNCC2)c1.CC(C)(C)c1cc2cn(-c3ccc(CNCCCN=C(N)N)cc3)c(=O)nc2[nH]1. The van der Waals surface area contributed by atoms with E-state index in [1.807, 2.05) is 30.5 Å². The highest BCUT2D eigenvalue weighted by molar-refractivity contribution is 5.76. The van der Waals surface area contributed by atoms with Gasteiger partial charge in [0.05, 0.1) is 5.69 Å². The molecule has 7 rings (SSSR count). The number of nitrogens with zero attached hydrogens (tertiary/aromatic N) is 5. The van der Waals surface area contributed by atoms with Crippen LogP contribution in [0.25, 0.3) is 16.7 Å². The topological polar surface area (TPSA) is 146 Å². The number of benzene rings is 3. The molecule has 55 heavy (non-hydrogen) atoms. The summed E-state index contributed by atoms with van der Waals surface area (Å²) in [7, 11) is 0. The summed E-state index contributed by atoms with van der Waals surface area (Å²) in [4.78, 5) is 29.0. The standard InChI is InChI=1S/C23H31N3.C21H29N7O/c1-23(2,3)21-12-18(13-22(14-21)26-10-8-24-9-11-26)15-25-16-19-6-4-5-7-20(19)17-25;1-21(2,3)17-11-15-13-28(20(29)27-18(15)26-17)16-7-5-14(6-8-16)12-24-9-4-10-25-19(22)23/h4-7,12-14,24H,8-11,15-17H2,1-3H3;5-8,11,13,24H,4,9-10,12H2,1-3H3,(H4,22,23,25)(H,26,27,29). The summed E-state index contributed by atoms with van der Waals surface area (Å²) in [6, 6.07) is 26.0. The van der Waals surface area contributed by atoms with E-state index >= 15 is 0 Å². The van der Waals surface area contributed by atoms with Crippen LogP contribution in [0.1, 0.15) is 81.5 Å². The van der Waals surface area contributed by atoms with Crippen molar-refractivity contribution in [1.29, 1.82) is 0 Å². The molecule has 11 nitrogen and oxygen atoms in total. The molecule has 5 aromatic rings. The van der Waals surface area contributed by atoms with Gasteiger partial charge < -0.3 is 32.0 Å². The number of hydrogen-bond donors (Lipinski definition) is 5. The lowest BCUT2D eigenvalue weighted by molar-refractivity contribution is 0.275. The molecule has 2 aliphatic rings. The number of anilines is 1. The fraction of sp³-hybridized carbons (Fsp3) is 0.432. The molecule has 4 heterocycles. The molecule has 292 valence electrons. The number of aromatic nitrogens is 3. The predicted molar refractivity (Wildman–Crippen MR) is 227 cm³/mol. The van der Waals surface area contributed by atoms with E-state index in [2.05, 4.69) is 125 Å². The molecule has 1 fully saturated rings. The smallest absolute Gasteiger partial charge is 0.354 e. The predicted octanol–water partition coefficient (Wildman–Crippen LogP) is 5.67. The molecule has 0 bridgehead atoms. The van der Waals surface area contributed by atoms with E-state index in [0.29, 0.717) is 12.2 Å². The number of aliphatic imine (C=N–C) groups is 1. The van der Waals surface area contributed by atoms with E-state index in [4.69, 9.17) is 11.5 Å². The second-order valence-electron chi connectivity index (χ2n) is 16.9.